The van der Waals surface area contributed by atoms with Crippen molar-refractivity contribution in [1.82, 2.24) is 19.7 Å². The molecule has 1 atom stereocenters. The van der Waals surface area contributed by atoms with Crippen molar-refractivity contribution in [2.45, 2.75) is 12.8 Å². The molecule has 1 unspecified atom stereocenters. The smallest absolute Gasteiger partial charge is 0.308 e. The summed E-state index contributed by atoms with van der Waals surface area (Å²) in [6, 6.07) is 1.78. The molecule has 2 aromatic heterocycles. The maximum atomic E-state index is 11.2. The molecule has 8 nitrogen and oxygen atoms in total. The number of nitrogen functional groups attached to an aromatic ring is 1. The van der Waals surface area contributed by atoms with Gasteiger partial charge in [0.1, 0.15) is 12.0 Å². The van der Waals surface area contributed by atoms with Crippen molar-refractivity contribution >= 4 is 17.5 Å². The van der Waals surface area contributed by atoms with Crippen LogP contribution in [0, 0.1) is 5.92 Å². The summed E-state index contributed by atoms with van der Waals surface area (Å²) in [4.78, 5) is 21.4. The van der Waals surface area contributed by atoms with Crippen molar-refractivity contribution in [3.63, 3.8) is 0 Å². The van der Waals surface area contributed by atoms with E-state index in [-0.39, 0.29) is 5.92 Å². The van der Waals surface area contributed by atoms with Crippen LogP contribution in [0.3, 0.4) is 0 Å². The molecule has 1 aliphatic rings. The van der Waals surface area contributed by atoms with Crippen molar-refractivity contribution in [3.8, 4) is 5.82 Å². The molecule has 0 spiro atoms. The molecule has 3 rings (SSSR count). The summed E-state index contributed by atoms with van der Waals surface area (Å²) in [6.45, 7) is 1.15. The van der Waals surface area contributed by atoms with Crippen LogP contribution in [0.2, 0.25) is 0 Å². The number of nitrogens with two attached hydrogens (primary N) is 1. The molecule has 0 aromatic carbocycles. The van der Waals surface area contributed by atoms with Gasteiger partial charge >= 0.3 is 5.97 Å². The predicted molar refractivity (Wildman–Crippen MR) is 76.1 cm³/mol. The summed E-state index contributed by atoms with van der Waals surface area (Å²) in [5.74, 6) is -0.0928. The standard InChI is InChI=1S/C13H16N6O2/c14-10-11(18-5-1-3-9(7-18)13(20)21)15-8-16-12(10)19-6-2-4-17-19/h2,4,6,8-9H,1,3,5,7,14H2,(H,20,21). The van der Waals surface area contributed by atoms with E-state index in [9.17, 15) is 9.90 Å². The van der Waals surface area contributed by atoms with E-state index in [4.69, 9.17) is 5.73 Å². The molecule has 110 valence electrons. The summed E-state index contributed by atoms with van der Waals surface area (Å²) >= 11 is 0. The highest BCUT2D eigenvalue weighted by Crippen LogP contribution is 2.28. The van der Waals surface area contributed by atoms with Gasteiger partial charge in [0.2, 0.25) is 0 Å². The van der Waals surface area contributed by atoms with Gasteiger partial charge in [-0.25, -0.2) is 14.6 Å². The number of hydrogen-bond donors (Lipinski definition) is 2. The van der Waals surface area contributed by atoms with E-state index in [1.54, 1.807) is 23.1 Å². The van der Waals surface area contributed by atoms with E-state index in [1.165, 1.54) is 6.33 Å². The Morgan fingerprint density at radius 2 is 2.19 bits per heavy atom. The predicted octanol–water partition coefficient (Wildman–Crippen LogP) is 0.545. The molecule has 2 aromatic rings. The maximum absolute atomic E-state index is 11.2. The zero-order valence-electron chi connectivity index (χ0n) is 11.4. The minimum Gasteiger partial charge on any atom is -0.481 e. The fourth-order valence-electron chi connectivity index (χ4n) is 2.58. The van der Waals surface area contributed by atoms with E-state index in [1.807, 2.05) is 4.90 Å². The van der Waals surface area contributed by atoms with Gasteiger partial charge in [0, 0.05) is 25.5 Å². The van der Waals surface area contributed by atoms with E-state index < -0.39 is 5.97 Å². The highest BCUT2D eigenvalue weighted by molar-refractivity contribution is 5.74. The van der Waals surface area contributed by atoms with Crippen molar-refractivity contribution in [2.24, 2.45) is 5.92 Å². The molecular weight excluding hydrogens is 272 g/mol. The number of piperidine rings is 1. The fourth-order valence-corrected chi connectivity index (χ4v) is 2.58. The van der Waals surface area contributed by atoms with Gasteiger partial charge in [-0.2, -0.15) is 5.10 Å². The fraction of sp³-hybridized carbons (Fsp3) is 0.385. The van der Waals surface area contributed by atoms with Crippen LogP contribution in [-0.4, -0.2) is 43.9 Å². The number of aromatic nitrogens is 4. The number of hydrogen-bond acceptors (Lipinski definition) is 6. The van der Waals surface area contributed by atoms with Crippen LogP contribution in [0.5, 0.6) is 0 Å². The second-order valence-electron chi connectivity index (χ2n) is 5.01. The number of carboxylic acid groups (broad SMARTS) is 1. The first-order chi connectivity index (χ1) is 10.2. The lowest BCUT2D eigenvalue weighted by Crippen LogP contribution is -2.39. The van der Waals surface area contributed by atoms with E-state index >= 15 is 0 Å². The Balaban J connectivity index is 1.92. The molecule has 1 fully saturated rings. The normalized spacial score (nSPS) is 18.7. The number of carbonyl (C=O) groups is 1. The molecule has 1 aliphatic heterocycles. The zero-order chi connectivity index (χ0) is 14.8. The van der Waals surface area contributed by atoms with Gasteiger partial charge in [0.15, 0.2) is 11.6 Å². The SMILES string of the molecule is Nc1c(N2CCCC(C(=O)O)C2)ncnc1-n1cccn1. The van der Waals surface area contributed by atoms with Crippen LogP contribution in [0.1, 0.15) is 12.8 Å². The zero-order valence-corrected chi connectivity index (χ0v) is 11.4. The summed E-state index contributed by atoms with van der Waals surface area (Å²) in [6.07, 6.45) is 6.30. The Bertz CT molecular complexity index is 642. The molecule has 8 heteroatoms. The summed E-state index contributed by atoms with van der Waals surface area (Å²) < 4.78 is 1.57. The number of carboxylic acids is 1. The summed E-state index contributed by atoms with van der Waals surface area (Å²) in [5.41, 5.74) is 6.56. The number of nitrogens with zero attached hydrogens (tertiary/aromatic N) is 5. The van der Waals surface area contributed by atoms with Crippen molar-refractivity contribution in [3.05, 3.63) is 24.8 Å². The average molecular weight is 288 g/mol. The minimum atomic E-state index is -0.778. The maximum Gasteiger partial charge on any atom is 0.308 e. The average Bonchev–Trinajstić information content (AvgIpc) is 3.01. The number of aliphatic carboxylic acids is 1. The second kappa shape index (κ2) is 5.39. The lowest BCUT2D eigenvalue weighted by Gasteiger charge is -2.32. The van der Waals surface area contributed by atoms with Crippen LogP contribution in [-0.2, 0) is 4.79 Å². The first kappa shape index (κ1) is 13.3. The molecule has 0 amide bonds. The van der Waals surface area contributed by atoms with Crippen LogP contribution in [0.4, 0.5) is 11.5 Å². The van der Waals surface area contributed by atoms with Crippen LogP contribution in [0.15, 0.2) is 24.8 Å². The summed E-state index contributed by atoms with van der Waals surface area (Å²) in [5, 5.41) is 13.3. The molecule has 3 N–H and O–H groups in total. The molecule has 0 saturated carbocycles. The third-order valence-electron chi connectivity index (χ3n) is 3.63. The first-order valence-corrected chi connectivity index (χ1v) is 6.75. The quantitative estimate of drug-likeness (QED) is 0.848. The number of rotatable bonds is 3. The van der Waals surface area contributed by atoms with Crippen molar-refractivity contribution in [2.75, 3.05) is 23.7 Å². The topological polar surface area (TPSA) is 110 Å². The van der Waals surface area contributed by atoms with Gasteiger partial charge < -0.3 is 15.7 Å². The van der Waals surface area contributed by atoms with Gasteiger partial charge in [-0.3, -0.25) is 4.79 Å². The van der Waals surface area contributed by atoms with Gasteiger partial charge in [-0.05, 0) is 18.9 Å². The van der Waals surface area contributed by atoms with Crippen molar-refractivity contribution < 1.29 is 9.90 Å². The van der Waals surface area contributed by atoms with Crippen LogP contribution >= 0.6 is 0 Å². The number of anilines is 2. The molecule has 0 aliphatic carbocycles. The lowest BCUT2D eigenvalue weighted by molar-refractivity contribution is -0.141. The minimum absolute atomic E-state index is 0.388. The van der Waals surface area contributed by atoms with E-state index in [2.05, 4.69) is 15.1 Å². The van der Waals surface area contributed by atoms with Crippen LogP contribution in [0.25, 0.3) is 5.82 Å². The molecule has 1 saturated heterocycles. The van der Waals surface area contributed by atoms with Gasteiger partial charge in [-0.1, -0.05) is 0 Å². The van der Waals surface area contributed by atoms with Crippen molar-refractivity contribution in [1.29, 1.82) is 0 Å². The third kappa shape index (κ3) is 2.51. The van der Waals surface area contributed by atoms with E-state index in [0.717, 1.165) is 13.0 Å². The monoisotopic (exact) mass is 288 g/mol. The lowest BCUT2D eigenvalue weighted by atomic mass is 9.98. The first-order valence-electron chi connectivity index (χ1n) is 6.75. The second-order valence-corrected chi connectivity index (χ2v) is 5.01. The van der Waals surface area contributed by atoms with Crippen LogP contribution < -0.4 is 10.6 Å². The Labute approximate surface area is 121 Å². The Morgan fingerprint density at radius 1 is 1.38 bits per heavy atom. The highest BCUT2D eigenvalue weighted by Gasteiger charge is 2.27. The summed E-state index contributed by atoms with van der Waals surface area (Å²) in [7, 11) is 0. The highest BCUT2D eigenvalue weighted by atomic mass is 16.4. The van der Waals surface area contributed by atoms with E-state index in [0.29, 0.717) is 30.3 Å². The molecule has 0 radical (unpaired) electrons. The third-order valence-corrected chi connectivity index (χ3v) is 3.63. The Kier molecular flexibility index (Phi) is 3.43. The van der Waals surface area contributed by atoms with Gasteiger partial charge in [0.05, 0.1) is 5.92 Å². The molecule has 0 bridgehead atoms. The van der Waals surface area contributed by atoms with Gasteiger partial charge in [-0.15, -0.1) is 0 Å². The molecule has 21 heavy (non-hydrogen) atoms. The Morgan fingerprint density at radius 3 is 2.90 bits per heavy atom. The Hall–Kier alpha value is -2.64. The largest absolute Gasteiger partial charge is 0.481 e. The molecule has 3 heterocycles. The van der Waals surface area contributed by atoms with Gasteiger partial charge in [0.25, 0.3) is 0 Å². The molecular formula is C13H16N6O2.